The summed E-state index contributed by atoms with van der Waals surface area (Å²) in [7, 11) is 4.02. The van der Waals surface area contributed by atoms with Crippen LogP contribution in [0.2, 0.25) is 0 Å². The standard InChI is InChI=1S/C22H30ClN3O3S2/c1-26(2)21-15-20-19(31-21)14-18(30-20)13-17(16-24)22(27)25-8-10-29-12-11-28-9-6-4-3-5-7-23/h13-15H,3-12H2,1-2H3,(H,25,27)/b17-13+. The summed E-state index contributed by atoms with van der Waals surface area (Å²) in [6, 6.07) is 6.13. The molecular weight excluding hydrogens is 454 g/mol. The molecule has 1 N–H and O–H groups in total. The lowest BCUT2D eigenvalue weighted by Gasteiger charge is -2.07. The van der Waals surface area contributed by atoms with Gasteiger partial charge in [-0.15, -0.1) is 34.3 Å². The summed E-state index contributed by atoms with van der Waals surface area (Å²) >= 11 is 8.90. The van der Waals surface area contributed by atoms with E-state index in [2.05, 4.69) is 16.3 Å². The van der Waals surface area contributed by atoms with Crippen LogP contribution in [0.15, 0.2) is 17.7 Å². The lowest BCUT2D eigenvalue weighted by Crippen LogP contribution is -2.28. The number of thiophene rings is 2. The number of rotatable bonds is 15. The van der Waals surface area contributed by atoms with Crippen molar-refractivity contribution in [2.24, 2.45) is 0 Å². The molecule has 0 atom stereocenters. The van der Waals surface area contributed by atoms with Gasteiger partial charge >= 0.3 is 0 Å². The van der Waals surface area contributed by atoms with E-state index < -0.39 is 0 Å². The van der Waals surface area contributed by atoms with E-state index in [1.165, 1.54) is 5.00 Å². The molecule has 0 unspecified atom stereocenters. The second kappa shape index (κ2) is 14.4. The fourth-order valence-electron chi connectivity index (χ4n) is 2.73. The summed E-state index contributed by atoms with van der Waals surface area (Å²) < 4.78 is 13.3. The number of unbranched alkanes of at least 4 members (excludes halogenated alkanes) is 3. The van der Waals surface area contributed by atoms with Crippen molar-refractivity contribution in [3.63, 3.8) is 0 Å². The van der Waals surface area contributed by atoms with Gasteiger partial charge in [0.1, 0.15) is 11.6 Å². The number of amides is 1. The fraction of sp³-hybridized carbons (Fsp3) is 0.545. The number of alkyl halides is 1. The van der Waals surface area contributed by atoms with Crippen LogP contribution in [-0.4, -0.2) is 58.9 Å². The largest absolute Gasteiger partial charge is 0.379 e. The van der Waals surface area contributed by atoms with E-state index in [0.29, 0.717) is 26.4 Å². The first kappa shape index (κ1) is 25.6. The first-order valence-electron chi connectivity index (χ1n) is 10.4. The molecule has 2 aromatic heterocycles. The number of nitrogens with one attached hydrogen (secondary N) is 1. The van der Waals surface area contributed by atoms with Crippen molar-refractivity contribution >= 4 is 60.7 Å². The minimum atomic E-state index is -0.384. The number of carbonyl (C=O) groups excluding carboxylic acids is 1. The molecule has 0 radical (unpaired) electrons. The topological polar surface area (TPSA) is 74.6 Å². The average molecular weight is 484 g/mol. The summed E-state index contributed by atoms with van der Waals surface area (Å²) in [5.41, 5.74) is 0.0965. The van der Waals surface area contributed by atoms with Crippen LogP contribution in [0.25, 0.3) is 15.5 Å². The van der Waals surface area contributed by atoms with Crippen LogP contribution in [0.3, 0.4) is 0 Å². The maximum absolute atomic E-state index is 12.3. The maximum atomic E-state index is 12.3. The van der Waals surface area contributed by atoms with Crippen LogP contribution < -0.4 is 10.2 Å². The molecule has 1 amide bonds. The van der Waals surface area contributed by atoms with E-state index >= 15 is 0 Å². The van der Waals surface area contributed by atoms with Crippen LogP contribution in [0.4, 0.5) is 5.00 Å². The minimum absolute atomic E-state index is 0.0965. The average Bonchev–Trinajstić information content (AvgIpc) is 3.31. The number of nitriles is 1. The van der Waals surface area contributed by atoms with Crippen LogP contribution in [-0.2, 0) is 14.3 Å². The van der Waals surface area contributed by atoms with Crippen molar-refractivity contribution < 1.29 is 14.3 Å². The molecule has 170 valence electrons. The van der Waals surface area contributed by atoms with Gasteiger partial charge in [-0.1, -0.05) is 12.8 Å². The molecule has 0 aliphatic heterocycles. The zero-order valence-corrected chi connectivity index (χ0v) is 20.5. The Morgan fingerprint density at radius 1 is 1.10 bits per heavy atom. The number of nitrogens with zero attached hydrogens (tertiary/aromatic N) is 2. The van der Waals surface area contributed by atoms with Gasteiger partial charge in [0.25, 0.3) is 5.91 Å². The smallest absolute Gasteiger partial charge is 0.262 e. The number of halogens is 1. The number of carbonyl (C=O) groups is 1. The van der Waals surface area contributed by atoms with Crippen molar-refractivity contribution in [2.75, 3.05) is 57.8 Å². The number of hydrogen-bond donors (Lipinski definition) is 1. The third kappa shape index (κ3) is 9.17. The number of hydrogen-bond acceptors (Lipinski definition) is 7. The molecular formula is C22H30ClN3O3S2. The van der Waals surface area contributed by atoms with E-state index in [0.717, 1.165) is 52.4 Å². The molecule has 2 heterocycles. The summed E-state index contributed by atoms with van der Waals surface area (Å²) in [6.45, 7) is 2.49. The Hall–Kier alpha value is -1.63. The van der Waals surface area contributed by atoms with E-state index in [-0.39, 0.29) is 11.5 Å². The van der Waals surface area contributed by atoms with Crippen molar-refractivity contribution in [1.29, 1.82) is 5.26 Å². The Morgan fingerprint density at radius 2 is 1.81 bits per heavy atom. The molecule has 0 saturated carbocycles. The van der Waals surface area contributed by atoms with Gasteiger partial charge in [0.05, 0.1) is 24.8 Å². The zero-order chi connectivity index (χ0) is 22.5. The lowest BCUT2D eigenvalue weighted by atomic mass is 10.2. The second-order valence-electron chi connectivity index (χ2n) is 7.11. The lowest BCUT2D eigenvalue weighted by molar-refractivity contribution is -0.117. The van der Waals surface area contributed by atoms with E-state index in [1.807, 2.05) is 26.2 Å². The Kier molecular flexibility index (Phi) is 11.9. The quantitative estimate of drug-likeness (QED) is 0.169. The van der Waals surface area contributed by atoms with Gasteiger partial charge in [0, 0.05) is 47.4 Å². The van der Waals surface area contributed by atoms with E-state index in [1.54, 1.807) is 28.7 Å². The molecule has 0 aromatic carbocycles. The normalized spacial score (nSPS) is 11.6. The molecule has 2 rings (SSSR count). The van der Waals surface area contributed by atoms with Crippen LogP contribution in [0.5, 0.6) is 0 Å². The van der Waals surface area contributed by atoms with Gasteiger partial charge < -0.3 is 19.7 Å². The van der Waals surface area contributed by atoms with E-state index in [9.17, 15) is 10.1 Å². The van der Waals surface area contributed by atoms with Crippen LogP contribution in [0, 0.1) is 11.3 Å². The SMILES string of the molecule is CN(C)c1cc2sc(/C=C(\C#N)C(=O)NCCOCCOCCCCCCCl)cc2s1. The molecule has 9 heteroatoms. The summed E-state index contributed by atoms with van der Waals surface area (Å²) in [5.74, 6) is 0.339. The van der Waals surface area contributed by atoms with Gasteiger partial charge in [0.2, 0.25) is 0 Å². The first-order chi connectivity index (χ1) is 15.0. The van der Waals surface area contributed by atoms with Crippen molar-refractivity contribution in [1.82, 2.24) is 5.32 Å². The predicted octanol–water partition coefficient (Wildman–Crippen LogP) is 4.88. The van der Waals surface area contributed by atoms with Gasteiger partial charge in [-0.05, 0) is 31.1 Å². The Balaban J connectivity index is 1.64. The van der Waals surface area contributed by atoms with E-state index in [4.69, 9.17) is 21.1 Å². The highest BCUT2D eigenvalue weighted by atomic mass is 35.5. The third-order valence-corrected chi connectivity index (χ3v) is 7.06. The highest BCUT2D eigenvalue weighted by molar-refractivity contribution is 7.30. The Morgan fingerprint density at radius 3 is 2.48 bits per heavy atom. The van der Waals surface area contributed by atoms with Gasteiger partial charge in [0.15, 0.2) is 0 Å². The molecule has 0 saturated heterocycles. The number of ether oxygens (including phenoxy) is 2. The van der Waals surface area contributed by atoms with Crippen molar-refractivity contribution in [2.45, 2.75) is 25.7 Å². The van der Waals surface area contributed by atoms with Gasteiger partial charge in [-0.25, -0.2) is 0 Å². The summed E-state index contributed by atoms with van der Waals surface area (Å²) in [6.07, 6.45) is 6.02. The molecule has 31 heavy (non-hydrogen) atoms. The maximum Gasteiger partial charge on any atom is 0.262 e. The molecule has 0 aliphatic rings. The monoisotopic (exact) mass is 483 g/mol. The highest BCUT2D eigenvalue weighted by Gasteiger charge is 2.11. The Bertz CT molecular complexity index is 855. The van der Waals surface area contributed by atoms with Crippen LogP contribution in [0.1, 0.15) is 30.6 Å². The highest BCUT2D eigenvalue weighted by Crippen LogP contribution is 2.37. The molecule has 0 fully saturated rings. The third-order valence-electron chi connectivity index (χ3n) is 4.38. The molecule has 0 bridgehead atoms. The summed E-state index contributed by atoms with van der Waals surface area (Å²) in [4.78, 5) is 15.2. The number of anilines is 1. The number of fused-ring (bicyclic) bond motifs is 1. The van der Waals surface area contributed by atoms with Gasteiger partial charge in [-0.2, -0.15) is 5.26 Å². The molecule has 2 aromatic rings. The first-order valence-corrected chi connectivity index (χ1v) is 12.5. The minimum Gasteiger partial charge on any atom is -0.379 e. The second-order valence-corrected chi connectivity index (χ2v) is 9.67. The van der Waals surface area contributed by atoms with Crippen molar-refractivity contribution in [3.05, 3.63) is 22.6 Å². The Labute approximate surface area is 197 Å². The molecule has 6 nitrogen and oxygen atoms in total. The molecule has 0 aliphatic carbocycles. The fourth-order valence-corrected chi connectivity index (χ4v) is 5.19. The van der Waals surface area contributed by atoms with Gasteiger partial charge in [-0.3, -0.25) is 4.79 Å². The van der Waals surface area contributed by atoms with Crippen LogP contribution >= 0.6 is 34.3 Å². The zero-order valence-electron chi connectivity index (χ0n) is 18.1. The summed E-state index contributed by atoms with van der Waals surface area (Å²) in [5, 5.41) is 13.3. The molecule has 0 spiro atoms. The predicted molar refractivity (Wildman–Crippen MR) is 131 cm³/mol. The van der Waals surface area contributed by atoms with Crippen molar-refractivity contribution in [3.8, 4) is 6.07 Å².